The predicted octanol–water partition coefficient (Wildman–Crippen LogP) is 20.7. The highest BCUT2D eigenvalue weighted by Gasteiger charge is 2.26. The Labute approximate surface area is 464 Å². The van der Waals surface area contributed by atoms with E-state index in [4.69, 9.17) is 24.3 Å². The van der Waals surface area contributed by atoms with Gasteiger partial charge < -0.3 is 20.1 Å². The van der Waals surface area contributed by atoms with Gasteiger partial charge in [-0.3, -0.25) is 18.6 Å². The molecule has 0 amide bonds. The fourth-order valence-corrected chi connectivity index (χ4v) is 10.5. The third-order valence-electron chi connectivity index (χ3n) is 14.5. The van der Waals surface area contributed by atoms with Crippen molar-refractivity contribution in [1.29, 1.82) is 0 Å². The van der Waals surface area contributed by atoms with Gasteiger partial charge in [-0.1, -0.05) is 307 Å². The summed E-state index contributed by atoms with van der Waals surface area (Å²) < 4.78 is 33.1. The molecule has 0 aromatic heterocycles. The van der Waals surface area contributed by atoms with Crippen molar-refractivity contribution in [3.63, 3.8) is 0 Å². The zero-order chi connectivity index (χ0) is 54.5. The van der Waals surface area contributed by atoms with Crippen molar-refractivity contribution < 1.29 is 37.6 Å². The first kappa shape index (κ1) is 73.2. The van der Waals surface area contributed by atoms with Crippen molar-refractivity contribution >= 4 is 19.8 Å². The van der Waals surface area contributed by atoms with Crippen LogP contribution in [0.2, 0.25) is 0 Å². The van der Waals surface area contributed by atoms with Crippen molar-refractivity contribution in [2.45, 2.75) is 341 Å². The minimum absolute atomic E-state index is 0.0566. The van der Waals surface area contributed by atoms with E-state index >= 15 is 0 Å². The van der Waals surface area contributed by atoms with Crippen LogP contribution in [0.5, 0.6) is 0 Å². The topological polar surface area (TPSA) is 134 Å². The number of esters is 2. The Bertz CT molecular complexity index is 1320. The number of hydrogen-bond acceptors (Lipinski definition) is 8. The lowest BCUT2D eigenvalue weighted by Gasteiger charge is -2.19. The predicted molar refractivity (Wildman–Crippen MR) is 321 cm³/mol. The number of phosphoric ester groups is 1. The molecule has 0 aliphatic heterocycles. The highest BCUT2D eigenvalue weighted by atomic mass is 31.2. The number of phosphoric acid groups is 1. The number of unbranched alkanes of at least 4 members (excludes halogenated alkanes) is 43. The summed E-state index contributed by atoms with van der Waals surface area (Å²) in [6, 6.07) is 0. The van der Waals surface area contributed by atoms with Crippen molar-refractivity contribution in [3.8, 4) is 0 Å². The molecule has 0 saturated heterocycles. The Morgan fingerprint density at radius 2 is 0.693 bits per heavy atom. The summed E-state index contributed by atoms with van der Waals surface area (Å²) in [5, 5.41) is 0. The van der Waals surface area contributed by atoms with Crippen LogP contribution < -0.4 is 5.73 Å². The number of carbonyl (C=O) groups is 2. The van der Waals surface area contributed by atoms with Crippen molar-refractivity contribution in [2.75, 3.05) is 26.4 Å². The molecule has 3 N–H and O–H groups in total. The van der Waals surface area contributed by atoms with Crippen LogP contribution in [0.15, 0.2) is 36.5 Å². The molecule has 0 aromatic carbocycles. The summed E-state index contributed by atoms with van der Waals surface area (Å²) in [7, 11) is -4.38. The van der Waals surface area contributed by atoms with Crippen LogP contribution in [-0.4, -0.2) is 49.3 Å². The van der Waals surface area contributed by atoms with E-state index in [1.807, 2.05) is 0 Å². The van der Waals surface area contributed by atoms with E-state index in [0.717, 1.165) is 44.9 Å². The lowest BCUT2D eigenvalue weighted by molar-refractivity contribution is -0.161. The molecule has 75 heavy (non-hydrogen) atoms. The molecule has 0 spiro atoms. The highest BCUT2D eigenvalue weighted by Crippen LogP contribution is 2.43. The lowest BCUT2D eigenvalue weighted by Crippen LogP contribution is -2.29. The Morgan fingerprint density at radius 1 is 0.400 bits per heavy atom. The third-order valence-corrected chi connectivity index (χ3v) is 15.5. The maximum Gasteiger partial charge on any atom is 0.472 e. The summed E-state index contributed by atoms with van der Waals surface area (Å²) in [5.41, 5.74) is 5.38. The number of carbonyl (C=O) groups excluding carboxylic acids is 2. The van der Waals surface area contributed by atoms with Gasteiger partial charge in [0.15, 0.2) is 6.10 Å². The average molecular weight is 1080 g/mol. The number of rotatable bonds is 62. The SMILES string of the molecule is CCCCCCC/C=C\C/C=C\C/C=C\CCCCCCCCCCCCCCCCCCCCCCCCCCC(=O)OC(COC(=O)CCCCCCCCCCCCCCCCC)COP(=O)(O)OCCN. The second kappa shape index (κ2) is 61.4. The van der Waals surface area contributed by atoms with E-state index in [-0.39, 0.29) is 38.6 Å². The minimum Gasteiger partial charge on any atom is -0.462 e. The summed E-state index contributed by atoms with van der Waals surface area (Å²) in [6.45, 7) is 3.79. The number of allylic oxidation sites excluding steroid dienone is 6. The maximum atomic E-state index is 12.7. The van der Waals surface area contributed by atoms with Crippen LogP contribution in [0.4, 0.5) is 0 Å². The van der Waals surface area contributed by atoms with Gasteiger partial charge >= 0.3 is 19.8 Å². The van der Waals surface area contributed by atoms with Crippen LogP contribution in [0.1, 0.15) is 335 Å². The smallest absolute Gasteiger partial charge is 0.462 e. The standard InChI is InChI=1S/C65H124NO8P/c1-3-5-7-9-11-13-15-17-19-20-21-22-23-24-25-26-27-28-29-30-31-32-33-34-35-36-37-38-39-40-41-42-44-46-48-50-52-54-56-58-65(68)74-63(62-73-75(69,70)72-60-59-66)61-71-64(67)57-55-53-51-49-47-45-43-18-16-14-12-10-8-6-4-2/h15,17,20-21,23-24,63H,3-14,16,18-19,22,25-62,66H2,1-2H3,(H,69,70)/b17-15-,21-20-,24-23-. The normalized spacial score (nSPS) is 13.2. The first-order valence-corrected chi connectivity index (χ1v) is 34.0. The van der Waals surface area contributed by atoms with Crippen LogP contribution >= 0.6 is 7.82 Å². The van der Waals surface area contributed by atoms with E-state index in [2.05, 4.69) is 50.3 Å². The van der Waals surface area contributed by atoms with Gasteiger partial charge in [-0.05, 0) is 51.4 Å². The Hall–Kier alpha value is -1.77. The second-order valence-electron chi connectivity index (χ2n) is 22.0. The van der Waals surface area contributed by atoms with Gasteiger partial charge in [0.25, 0.3) is 0 Å². The van der Waals surface area contributed by atoms with Crippen molar-refractivity contribution in [2.24, 2.45) is 5.73 Å². The minimum atomic E-state index is -4.38. The molecule has 10 heteroatoms. The highest BCUT2D eigenvalue weighted by molar-refractivity contribution is 7.47. The molecule has 0 fully saturated rings. The van der Waals surface area contributed by atoms with Gasteiger partial charge in [0.2, 0.25) is 0 Å². The first-order chi connectivity index (χ1) is 36.8. The molecule has 0 rings (SSSR count). The lowest BCUT2D eigenvalue weighted by atomic mass is 10.0. The maximum absolute atomic E-state index is 12.7. The molecule has 0 heterocycles. The molecule has 442 valence electrons. The molecule has 0 radical (unpaired) electrons. The largest absolute Gasteiger partial charge is 0.472 e. The molecule has 9 nitrogen and oxygen atoms in total. The zero-order valence-corrected chi connectivity index (χ0v) is 50.4. The molecular weight excluding hydrogens is 954 g/mol. The first-order valence-electron chi connectivity index (χ1n) is 32.5. The van der Waals surface area contributed by atoms with Crippen LogP contribution in [-0.2, 0) is 32.7 Å². The van der Waals surface area contributed by atoms with E-state index in [1.165, 1.54) is 257 Å². The number of hydrogen-bond donors (Lipinski definition) is 2. The number of ether oxygens (including phenoxy) is 2. The molecule has 0 aromatic rings. The molecule has 2 unspecified atom stereocenters. The second-order valence-corrected chi connectivity index (χ2v) is 23.4. The summed E-state index contributed by atoms with van der Waals surface area (Å²) in [6.07, 6.45) is 75.3. The Balaban J connectivity index is 3.75. The van der Waals surface area contributed by atoms with Gasteiger partial charge in [-0.15, -0.1) is 0 Å². The van der Waals surface area contributed by atoms with E-state index in [0.29, 0.717) is 6.42 Å². The monoisotopic (exact) mass is 1080 g/mol. The van der Waals surface area contributed by atoms with Gasteiger partial charge in [-0.2, -0.15) is 0 Å². The van der Waals surface area contributed by atoms with E-state index < -0.39 is 26.5 Å². The summed E-state index contributed by atoms with van der Waals surface area (Å²) in [4.78, 5) is 35.2. The zero-order valence-electron chi connectivity index (χ0n) is 49.6. The number of nitrogens with two attached hydrogens (primary N) is 1. The quantitative estimate of drug-likeness (QED) is 0.0264. The molecule has 0 bridgehead atoms. The van der Waals surface area contributed by atoms with Gasteiger partial charge in [0, 0.05) is 19.4 Å². The van der Waals surface area contributed by atoms with Crippen molar-refractivity contribution in [3.05, 3.63) is 36.5 Å². The fraction of sp³-hybridized carbons (Fsp3) is 0.877. The molecular formula is C65H124NO8P. The van der Waals surface area contributed by atoms with E-state index in [1.54, 1.807) is 0 Å². The third kappa shape index (κ3) is 61.3. The van der Waals surface area contributed by atoms with Crippen LogP contribution in [0.25, 0.3) is 0 Å². The summed E-state index contributed by atoms with van der Waals surface area (Å²) >= 11 is 0. The van der Waals surface area contributed by atoms with Crippen molar-refractivity contribution in [1.82, 2.24) is 0 Å². The molecule has 0 aliphatic carbocycles. The van der Waals surface area contributed by atoms with Gasteiger partial charge in [-0.25, -0.2) is 4.57 Å². The Morgan fingerprint density at radius 3 is 1.03 bits per heavy atom. The molecule has 0 aliphatic rings. The van der Waals surface area contributed by atoms with Crippen LogP contribution in [0.3, 0.4) is 0 Å². The Kier molecular flexibility index (Phi) is 60.0. The average Bonchev–Trinajstić information content (AvgIpc) is 3.40. The summed E-state index contributed by atoms with van der Waals surface area (Å²) in [5.74, 6) is -0.808. The van der Waals surface area contributed by atoms with Crippen LogP contribution in [0, 0.1) is 0 Å². The molecule has 2 atom stereocenters. The fourth-order valence-electron chi connectivity index (χ4n) is 9.71. The van der Waals surface area contributed by atoms with Gasteiger partial charge in [0.1, 0.15) is 6.61 Å². The molecule has 0 saturated carbocycles. The van der Waals surface area contributed by atoms with Gasteiger partial charge in [0.05, 0.1) is 13.2 Å². The van der Waals surface area contributed by atoms with E-state index in [9.17, 15) is 19.0 Å².